The average molecular weight is 547 g/mol. The molecule has 2 atom stereocenters. The van der Waals surface area contributed by atoms with Crippen LogP contribution in [0.3, 0.4) is 0 Å². The quantitative estimate of drug-likeness (QED) is 0.448. The molecule has 4 amide bonds. The summed E-state index contributed by atoms with van der Waals surface area (Å²) >= 11 is 6.16. The molecule has 0 radical (unpaired) electrons. The van der Waals surface area contributed by atoms with Gasteiger partial charge in [0.2, 0.25) is 0 Å². The van der Waals surface area contributed by atoms with Gasteiger partial charge in [-0.05, 0) is 55.7 Å². The van der Waals surface area contributed by atoms with Crippen LogP contribution in [0.15, 0.2) is 53.7 Å². The number of fused-ring (bicyclic) bond motifs is 2. The number of amides is 4. The minimum Gasteiger partial charge on any atom is -0.360 e. The van der Waals surface area contributed by atoms with Crippen molar-refractivity contribution in [3.8, 4) is 0 Å². The number of nitrogens with one attached hydrogen (secondary N) is 2. The van der Waals surface area contributed by atoms with Crippen LogP contribution in [-0.4, -0.2) is 65.3 Å². The molecular formula is C29H31ClN6O3. The summed E-state index contributed by atoms with van der Waals surface area (Å²) in [5.41, 5.74) is 2.75. The minimum absolute atomic E-state index is 0.290. The van der Waals surface area contributed by atoms with E-state index in [4.69, 9.17) is 16.6 Å². The van der Waals surface area contributed by atoms with Crippen molar-refractivity contribution in [2.24, 2.45) is 10.9 Å². The number of hydrogen-bond donors (Lipinski definition) is 2. The summed E-state index contributed by atoms with van der Waals surface area (Å²) in [5.74, 6) is 0.752. The Kier molecular flexibility index (Phi) is 6.54. The molecule has 2 N–H and O–H groups in total. The maximum absolute atomic E-state index is 13.6. The first kappa shape index (κ1) is 25.4. The molecule has 3 aromatic rings. The van der Waals surface area contributed by atoms with Crippen LogP contribution in [0.2, 0.25) is 5.02 Å². The van der Waals surface area contributed by atoms with Crippen LogP contribution in [-0.2, 0) is 4.79 Å². The number of halogens is 1. The highest BCUT2D eigenvalue weighted by Gasteiger charge is 2.51. The topological polar surface area (TPSA) is 101 Å². The molecule has 39 heavy (non-hydrogen) atoms. The van der Waals surface area contributed by atoms with Crippen molar-refractivity contribution >= 4 is 57.6 Å². The molecule has 0 unspecified atom stereocenters. The number of H-pyrrole nitrogens is 1. The third-order valence-electron chi connectivity index (χ3n) is 7.78. The molecule has 4 heterocycles. The van der Waals surface area contributed by atoms with Crippen LogP contribution in [0.25, 0.3) is 10.9 Å². The predicted molar refractivity (Wildman–Crippen MR) is 153 cm³/mol. The lowest BCUT2D eigenvalue weighted by Crippen LogP contribution is -2.55. The summed E-state index contributed by atoms with van der Waals surface area (Å²) in [4.78, 5) is 53.0. The Labute approximate surface area is 231 Å². The first-order valence-electron chi connectivity index (χ1n) is 13.5. The number of carbonyl (C=O) groups excluding carboxylic acids is 3. The van der Waals surface area contributed by atoms with Gasteiger partial charge in [0, 0.05) is 53.9 Å². The third-order valence-corrected chi connectivity index (χ3v) is 8.09. The molecule has 0 aliphatic carbocycles. The summed E-state index contributed by atoms with van der Waals surface area (Å²) in [6.45, 7) is 6.46. The smallest absolute Gasteiger partial charge is 0.332 e. The molecule has 2 aromatic carbocycles. The second-order valence-electron chi connectivity index (χ2n) is 10.6. The van der Waals surface area contributed by atoms with E-state index in [9.17, 15) is 14.4 Å². The number of urea groups is 1. The molecule has 6 rings (SSSR count). The number of amidine groups is 1. The number of imide groups is 1. The van der Waals surface area contributed by atoms with E-state index in [1.54, 1.807) is 29.3 Å². The van der Waals surface area contributed by atoms with E-state index in [1.807, 2.05) is 24.3 Å². The van der Waals surface area contributed by atoms with Gasteiger partial charge in [-0.3, -0.25) is 14.6 Å². The summed E-state index contributed by atoms with van der Waals surface area (Å²) in [7, 11) is 0. The first-order chi connectivity index (χ1) is 18.8. The number of aromatic nitrogens is 1. The number of aliphatic imine (C=N–C) groups is 1. The highest BCUT2D eigenvalue weighted by molar-refractivity contribution is 6.35. The standard InChI is InChI=1S/C29H31ClN6O3/c1-17(2)26-31-12-4-14-34(26)19-7-9-20(10-8-19)36-28(38)25-23(5-3-13-35(25)29(36)39)33-27(37)18-6-11-21-22(30)16-32-24(21)15-18/h6-11,15-17,23,25,32H,3-5,12-14H2,1-2H3,(H,33,37)/t23-,25+/m1/s1. The second-order valence-corrected chi connectivity index (χ2v) is 11.0. The maximum atomic E-state index is 13.6. The zero-order valence-electron chi connectivity index (χ0n) is 22.0. The van der Waals surface area contributed by atoms with Crippen LogP contribution in [0, 0.1) is 5.92 Å². The fourth-order valence-corrected chi connectivity index (χ4v) is 6.12. The molecule has 202 valence electrons. The molecule has 0 bridgehead atoms. The SMILES string of the molecule is CC(C)C1=NCCCN1c1ccc(N2C(=O)[C@@H]3[C@H](NC(=O)c4ccc5c(Cl)c[nH]c5c4)CCCN3C2=O)cc1. The van der Waals surface area contributed by atoms with Gasteiger partial charge in [0.05, 0.1) is 16.8 Å². The van der Waals surface area contributed by atoms with E-state index >= 15 is 0 Å². The van der Waals surface area contributed by atoms with Gasteiger partial charge in [0.25, 0.3) is 11.8 Å². The number of benzene rings is 2. The number of hydrogen-bond acceptors (Lipinski definition) is 5. The lowest BCUT2D eigenvalue weighted by atomic mass is 9.96. The Hall–Kier alpha value is -3.85. The number of piperidine rings is 1. The molecule has 10 heteroatoms. The molecule has 0 saturated carbocycles. The molecule has 9 nitrogen and oxygen atoms in total. The number of carbonyl (C=O) groups is 3. The Morgan fingerprint density at radius 1 is 1.08 bits per heavy atom. The average Bonchev–Trinajstić information content (AvgIpc) is 3.45. The van der Waals surface area contributed by atoms with E-state index in [2.05, 4.69) is 29.0 Å². The van der Waals surface area contributed by atoms with Gasteiger partial charge in [-0.2, -0.15) is 0 Å². The van der Waals surface area contributed by atoms with Gasteiger partial charge in [-0.25, -0.2) is 9.69 Å². The van der Waals surface area contributed by atoms with Crippen molar-refractivity contribution in [3.05, 3.63) is 59.2 Å². The van der Waals surface area contributed by atoms with Gasteiger partial charge < -0.3 is 20.1 Å². The summed E-state index contributed by atoms with van der Waals surface area (Å²) < 4.78 is 0. The Bertz CT molecular complexity index is 1480. The Morgan fingerprint density at radius 3 is 2.62 bits per heavy atom. The van der Waals surface area contributed by atoms with Gasteiger partial charge in [-0.1, -0.05) is 31.5 Å². The largest absolute Gasteiger partial charge is 0.360 e. The number of rotatable bonds is 5. The van der Waals surface area contributed by atoms with E-state index in [-0.39, 0.29) is 17.8 Å². The molecule has 0 spiro atoms. The monoisotopic (exact) mass is 546 g/mol. The summed E-state index contributed by atoms with van der Waals surface area (Å²) in [6, 6.07) is 11.2. The van der Waals surface area contributed by atoms with E-state index in [0.29, 0.717) is 41.6 Å². The third kappa shape index (κ3) is 4.44. The number of aromatic amines is 1. The highest BCUT2D eigenvalue weighted by atomic mass is 35.5. The summed E-state index contributed by atoms with van der Waals surface area (Å²) in [6.07, 6.45) is 3.98. The van der Waals surface area contributed by atoms with Crippen LogP contribution < -0.4 is 15.1 Å². The maximum Gasteiger partial charge on any atom is 0.332 e. The van der Waals surface area contributed by atoms with Crippen molar-refractivity contribution in [1.29, 1.82) is 0 Å². The van der Waals surface area contributed by atoms with Crippen LogP contribution in [0.1, 0.15) is 43.5 Å². The zero-order valence-corrected chi connectivity index (χ0v) is 22.7. The van der Waals surface area contributed by atoms with Crippen molar-refractivity contribution < 1.29 is 14.4 Å². The fourth-order valence-electron chi connectivity index (χ4n) is 5.90. The van der Waals surface area contributed by atoms with Gasteiger partial charge in [0.1, 0.15) is 11.9 Å². The molecule has 2 saturated heterocycles. The van der Waals surface area contributed by atoms with Crippen molar-refractivity contribution in [1.82, 2.24) is 15.2 Å². The summed E-state index contributed by atoms with van der Waals surface area (Å²) in [5, 5.41) is 4.45. The molecule has 3 aliphatic heterocycles. The van der Waals surface area contributed by atoms with Gasteiger partial charge >= 0.3 is 6.03 Å². The minimum atomic E-state index is -0.736. The molecule has 1 aromatic heterocycles. The fraction of sp³-hybridized carbons (Fsp3) is 0.379. The number of anilines is 2. The van der Waals surface area contributed by atoms with E-state index < -0.39 is 12.1 Å². The van der Waals surface area contributed by atoms with Gasteiger partial charge in [0.15, 0.2) is 0 Å². The lowest BCUT2D eigenvalue weighted by molar-refractivity contribution is -0.121. The Balaban J connectivity index is 1.21. The van der Waals surface area contributed by atoms with Crippen LogP contribution in [0.5, 0.6) is 0 Å². The highest BCUT2D eigenvalue weighted by Crippen LogP contribution is 2.33. The Morgan fingerprint density at radius 2 is 1.85 bits per heavy atom. The van der Waals surface area contributed by atoms with Crippen molar-refractivity contribution in [2.45, 2.75) is 45.2 Å². The predicted octanol–water partition coefficient (Wildman–Crippen LogP) is 4.82. The molecule has 3 aliphatic rings. The second kappa shape index (κ2) is 10.0. The normalized spacial score (nSPS) is 21.5. The van der Waals surface area contributed by atoms with E-state index in [1.165, 1.54) is 4.90 Å². The van der Waals surface area contributed by atoms with Gasteiger partial charge in [-0.15, -0.1) is 0 Å². The zero-order chi connectivity index (χ0) is 27.3. The van der Waals surface area contributed by atoms with Crippen LogP contribution >= 0.6 is 11.6 Å². The van der Waals surface area contributed by atoms with Crippen molar-refractivity contribution in [3.63, 3.8) is 0 Å². The lowest BCUT2D eigenvalue weighted by Gasteiger charge is -2.34. The first-order valence-corrected chi connectivity index (χ1v) is 13.9. The number of nitrogens with zero attached hydrogens (tertiary/aromatic N) is 4. The molecule has 2 fully saturated rings. The van der Waals surface area contributed by atoms with Crippen molar-refractivity contribution in [2.75, 3.05) is 29.4 Å². The van der Waals surface area contributed by atoms with Crippen LogP contribution in [0.4, 0.5) is 16.2 Å². The molecular weight excluding hydrogens is 516 g/mol. The van der Waals surface area contributed by atoms with E-state index in [0.717, 1.165) is 41.9 Å².